The molecule has 3 nitrogen and oxygen atoms in total. The predicted molar refractivity (Wildman–Crippen MR) is 111 cm³/mol. The lowest BCUT2D eigenvalue weighted by Gasteiger charge is -2.26. The molecule has 0 spiro atoms. The molecule has 1 aliphatic rings. The highest BCUT2D eigenvalue weighted by molar-refractivity contribution is 6.30. The van der Waals surface area contributed by atoms with Gasteiger partial charge in [0.05, 0.1) is 11.1 Å². The number of aromatic nitrogens is 1. The third-order valence-electron chi connectivity index (χ3n) is 5.87. The molecule has 152 valence electrons. The van der Waals surface area contributed by atoms with Crippen molar-refractivity contribution in [3.63, 3.8) is 0 Å². The molecule has 1 aromatic heterocycles. The molecule has 1 fully saturated rings. The largest absolute Gasteiger partial charge is 0.361 e. The number of hydrogen-bond donors (Lipinski definition) is 2. The number of halogens is 3. The van der Waals surface area contributed by atoms with Gasteiger partial charge in [-0.1, -0.05) is 42.6 Å². The maximum absolute atomic E-state index is 14.7. The van der Waals surface area contributed by atoms with Crippen molar-refractivity contribution in [2.24, 2.45) is 5.92 Å². The number of rotatable bonds is 6. The van der Waals surface area contributed by atoms with E-state index < -0.39 is 17.7 Å². The summed E-state index contributed by atoms with van der Waals surface area (Å²) in [6, 6.07) is 9.58. The molecule has 1 saturated carbocycles. The maximum atomic E-state index is 14.7. The van der Waals surface area contributed by atoms with Crippen LogP contribution in [0.4, 0.5) is 8.78 Å². The fourth-order valence-corrected chi connectivity index (χ4v) is 4.54. The van der Waals surface area contributed by atoms with Crippen molar-refractivity contribution in [1.29, 1.82) is 0 Å². The first-order valence-corrected chi connectivity index (χ1v) is 10.4. The minimum absolute atomic E-state index is 0.00880. The molecule has 2 N–H and O–H groups in total. The average Bonchev–Trinajstić information content (AvgIpc) is 3.39. The van der Waals surface area contributed by atoms with Crippen LogP contribution < -0.4 is 5.32 Å². The van der Waals surface area contributed by atoms with Gasteiger partial charge in [-0.3, -0.25) is 4.79 Å². The van der Waals surface area contributed by atoms with E-state index in [9.17, 15) is 13.6 Å². The van der Waals surface area contributed by atoms with Crippen LogP contribution in [0.1, 0.15) is 49.3 Å². The number of fused-ring (bicyclic) bond motifs is 1. The highest BCUT2D eigenvalue weighted by atomic mass is 35.5. The van der Waals surface area contributed by atoms with Crippen LogP contribution in [0.25, 0.3) is 10.9 Å². The summed E-state index contributed by atoms with van der Waals surface area (Å²) >= 11 is 5.90. The second kappa shape index (κ2) is 8.54. The summed E-state index contributed by atoms with van der Waals surface area (Å²) in [6.07, 6.45) is 6.36. The number of para-hydroxylation sites is 1. The smallest absolute Gasteiger partial charge is 0.220 e. The Morgan fingerprint density at radius 1 is 1.17 bits per heavy atom. The molecule has 2 aromatic carbocycles. The first-order chi connectivity index (χ1) is 14.0. The standard InChI is InChI=1S/C23H23ClF2N2O/c24-17-10-11-18(25)21(22(17)26)23(14-5-1-2-6-14)28-20(29)12-9-15-13-27-19-8-4-3-7-16(15)19/h3-4,7-8,10-11,13-14,23,27H,1-2,5-6,9,12H2,(H,28,29)/t23-/m0/s1. The van der Waals surface area contributed by atoms with Gasteiger partial charge < -0.3 is 10.3 Å². The fourth-order valence-electron chi connectivity index (χ4n) is 4.38. The summed E-state index contributed by atoms with van der Waals surface area (Å²) < 4.78 is 29.2. The number of carbonyl (C=O) groups is 1. The van der Waals surface area contributed by atoms with Crippen molar-refractivity contribution in [3.05, 3.63) is 70.4 Å². The molecule has 0 bridgehead atoms. The van der Waals surface area contributed by atoms with Crippen LogP contribution >= 0.6 is 11.6 Å². The highest BCUT2D eigenvalue weighted by Crippen LogP contribution is 2.39. The zero-order valence-electron chi connectivity index (χ0n) is 16.0. The van der Waals surface area contributed by atoms with Gasteiger partial charge in [0.15, 0.2) is 0 Å². The van der Waals surface area contributed by atoms with Crippen LogP contribution in [0.5, 0.6) is 0 Å². The van der Waals surface area contributed by atoms with Crippen LogP contribution in [0.3, 0.4) is 0 Å². The lowest BCUT2D eigenvalue weighted by Crippen LogP contribution is -2.34. The van der Waals surface area contributed by atoms with Gasteiger partial charge >= 0.3 is 0 Å². The molecule has 0 saturated heterocycles. The number of benzene rings is 2. The summed E-state index contributed by atoms with van der Waals surface area (Å²) in [4.78, 5) is 15.9. The number of aromatic amines is 1. The Balaban J connectivity index is 1.52. The molecular formula is C23H23ClF2N2O. The lowest BCUT2D eigenvalue weighted by molar-refractivity contribution is -0.122. The van der Waals surface area contributed by atoms with E-state index >= 15 is 0 Å². The molecule has 3 aromatic rings. The third kappa shape index (κ3) is 4.15. The van der Waals surface area contributed by atoms with Crippen LogP contribution in [-0.4, -0.2) is 10.9 Å². The topological polar surface area (TPSA) is 44.9 Å². The molecule has 1 aliphatic carbocycles. The first kappa shape index (κ1) is 19.9. The van der Waals surface area contributed by atoms with Crippen molar-refractivity contribution >= 4 is 28.4 Å². The van der Waals surface area contributed by atoms with Gasteiger partial charge in [-0.15, -0.1) is 0 Å². The number of H-pyrrole nitrogens is 1. The Bertz CT molecular complexity index is 1030. The van der Waals surface area contributed by atoms with E-state index in [1.54, 1.807) is 0 Å². The summed E-state index contributed by atoms with van der Waals surface area (Å²) in [7, 11) is 0. The maximum Gasteiger partial charge on any atom is 0.220 e. The van der Waals surface area contributed by atoms with Gasteiger partial charge in [0.1, 0.15) is 11.6 Å². The normalized spacial score (nSPS) is 15.7. The first-order valence-electron chi connectivity index (χ1n) is 10.0. The van der Waals surface area contributed by atoms with E-state index in [-0.39, 0.29) is 28.8 Å². The van der Waals surface area contributed by atoms with Crippen molar-refractivity contribution < 1.29 is 13.6 Å². The molecule has 0 unspecified atom stereocenters. The SMILES string of the molecule is O=C(CCc1c[nH]c2ccccc12)N[C@H](c1c(F)ccc(Cl)c1F)C1CCCC1. The molecule has 0 radical (unpaired) electrons. The number of aryl methyl sites for hydroxylation is 1. The van der Waals surface area contributed by atoms with Gasteiger partial charge in [0.25, 0.3) is 0 Å². The van der Waals surface area contributed by atoms with Crippen LogP contribution in [0.15, 0.2) is 42.6 Å². The monoisotopic (exact) mass is 416 g/mol. The fraction of sp³-hybridized carbons (Fsp3) is 0.348. The minimum atomic E-state index is -0.777. The van der Waals surface area contributed by atoms with Crippen molar-refractivity contribution in [3.8, 4) is 0 Å². The van der Waals surface area contributed by atoms with Gasteiger partial charge in [0.2, 0.25) is 5.91 Å². The van der Waals surface area contributed by atoms with E-state index in [0.29, 0.717) is 6.42 Å². The number of amides is 1. The Kier molecular flexibility index (Phi) is 5.86. The molecule has 29 heavy (non-hydrogen) atoms. The lowest BCUT2D eigenvalue weighted by atomic mass is 9.90. The Labute approximate surface area is 173 Å². The van der Waals surface area contributed by atoms with E-state index in [4.69, 9.17) is 11.6 Å². The molecule has 1 amide bonds. The predicted octanol–water partition coefficient (Wildman–Crippen LogP) is 6.08. The van der Waals surface area contributed by atoms with Crippen LogP contribution in [0.2, 0.25) is 5.02 Å². The summed E-state index contributed by atoms with van der Waals surface area (Å²) in [5.41, 5.74) is 1.95. The zero-order chi connectivity index (χ0) is 20.4. The molecule has 4 rings (SSSR count). The summed E-state index contributed by atoms with van der Waals surface area (Å²) in [5, 5.41) is 3.86. The third-order valence-corrected chi connectivity index (χ3v) is 6.17. The Hall–Kier alpha value is -2.40. The highest BCUT2D eigenvalue weighted by Gasteiger charge is 2.32. The molecule has 1 heterocycles. The van der Waals surface area contributed by atoms with Crippen LogP contribution in [-0.2, 0) is 11.2 Å². The van der Waals surface area contributed by atoms with Gasteiger partial charge in [-0.25, -0.2) is 8.78 Å². The van der Waals surface area contributed by atoms with Crippen molar-refractivity contribution in [2.75, 3.05) is 0 Å². The number of nitrogens with one attached hydrogen (secondary N) is 2. The van der Waals surface area contributed by atoms with Crippen LogP contribution in [0, 0.1) is 17.6 Å². The van der Waals surface area contributed by atoms with Crippen molar-refractivity contribution in [1.82, 2.24) is 10.3 Å². The molecule has 0 aliphatic heterocycles. The Morgan fingerprint density at radius 3 is 2.72 bits per heavy atom. The summed E-state index contributed by atoms with van der Waals surface area (Å²) in [6.45, 7) is 0. The second-order valence-electron chi connectivity index (χ2n) is 7.71. The van der Waals surface area contributed by atoms with Gasteiger partial charge in [-0.05, 0) is 48.9 Å². The van der Waals surface area contributed by atoms with E-state index in [0.717, 1.165) is 42.1 Å². The van der Waals surface area contributed by atoms with E-state index in [1.165, 1.54) is 12.1 Å². The van der Waals surface area contributed by atoms with E-state index in [1.807, 2.05) is 30.5 Å². The number of hydrogen-bond acceptors (Lipinski definition) is 1. The van der Waals surface area contributed by atoms with Gasteiger partial charge in [-0.2, -0.15) is 0 Å². The van der Waals surface area contributed by atoms with Crippen molar-refractivity contribution in [2.45, 2.75) is 44.6 Å². The summed E-state index contributed by atoms with van der Waals surface area (Å²) in [5.74, 6) is -1.65. The molecule has 6 heteroatoms. The van der Waals surface area contributed by atoms with Gasteiger partial charge in [0, 0.05) is 29.1 Å². The zero-order valence-corrected chi connectivity index (χ0v) is 16.7. The molecule has 1 atom stereocenters. The number of carbonyl (C=O) groups excluding carboxylic acids is 1. The quantitative estimate of drug-likeness (QED) is 0.470. The average molecular weight is 417 g/mol. The molecular weight excluding hydrogens is 394 g/mol. The minimum Gasteiger partial charge on any atom is -0.361 e. The van der Waals surface area contributed by atoms with E-state index in [2.05, 4.69) is 10.3 Å². The Morgan fingerprint density at radius 2 is 1.93 bits per heavy atom. The second-order valence-corrected chi connectivity index (χ2v) is 8.11.